The number of nitrogens with one attached hydrogen (secondary N) is 2. The Balaban J connectivity index is 0.00000289. The summed E-state index contributed by atoms with van der Waals surface area (Å²) in [6, 6.07) is 0. The summed E-state index contributed by atoms with van der Waals surface area (Å²) in [5.41, 5.74) is 0. The number of thioether (sulfide) groups is 1. The third-order valence-electron chi connectivity index (χ3n) is 3.54. The molecule has 1 atom stereocenters. The molecule has 0 radical (unpaired) electrons. The van der Waals surface area contributed by atoms with Crippen molar-refractivity contribution >= 4 is 30.1 Å². The zero-order valence-electron chi connectivity index (χ0n) is 11.5. The number of piperidine rings is 1. The van der Waals surface area contributed by atoms with Gasteiger partial charge in [0, 0.05) is 13.0 Å². The Bertz CT molecular complexity index is 223. The second-order valence-electron chi connectivity index (χ2n) is 4.97. The second-order valence-corrected chi connectivity index (χ2v) is 5.95. The van der Waals surface area contributed by atoms with Gasteiger partial charge in [-0.25, -0.2) is 0 Å². The van der Waals surface area contributed by atoms with Crippen molar-refractivity contribution in [3.8, 4) is 0 Å². The van der Waals surface area contributed by atoms with Gasteiger partial charge in [-0.15, -0.1) is 12.4 Å². The molecule has 1 unspecified atom stereocenters. The lowest BCUT2D eigenvalue weighted by atomic mass is 9.84. The van der Waals surface area contributed by atoms with Crippen LogP contribution in [0, 0.1) is 11.8 Å². The molecule has 1 rings (SSSR count). The zero-order valence-corrected chi connectivity index (χ0v) is 13.2. The average Bonchev–Trinajstić information content (AvgIpc) is 2.36. The summed E-state index contributed by atoms with van der Waals surface area (Å²) < 4.78 is 0. The monoisotopic (exact) mass is 294 g/mol. The molecular weight excluding hydrogens is 268 g/mol. The van der Waals surface area contributed by atoms with E-state index in [1.807, 2.05) is 11.8 Å². The van der Waals surface area contributed by atoms with Crippen molar-refractivity contribution in [2.75, 3.05) is 31.6 Å². The molecule has 18 heavy (non-hydrogen) atoms. The Morgan fingerprint density at radius 1 is 1.44 bits per heavy atom. The van der Waals surface area contributed by atoms with E-state index in [9.17, 15) is 4.79 Å². The Hall–Kier alpha value is 0.0700. The molecule has 0 aliphatic carbocycles. The van der Waals surface area contributed by atoms with Crippen molar-refractivity contribution in [3.05, 3.63) is 0 Å². The fraction of sp³-hybridized carbons (Fsp3) is 0.923. The van der Waals surface area contributed by atoms with Crippen LogP contribution < -0.4 is 10.6 Å². The smallest absolute Gasteiger partial charge is 0.220 e. The third kappa shape index (κ3) is 7.49. The second kappa shape index (κ2) is 10.9. The fourth-order valence-corrected chi connectivity index (χ4v) is 2.82. The van der Waals surface area contributed by atoms with Crippen molar-refractivity contribution in [1.29, 1.82) is 0 Å². The van der Waals surface area contributed by atoms with E-state index in [-0.39, 0.29) is 18.3 Å². The molecule has 1 aliphatic rings. The fourth-order valence-electron chi connectivity index (χ4n) is 2.39. The van der Waals surface area contributed by atoms with Crippen LogP contribution in [0.1, 0.15) is 32.6 Å². The van der Waals surface area contributed by atoms with Crippen molar-refractivity contribution in [2.45, 2.75) is 32.6 Å². The van der Waals surface area contributed by atoms with Crippen molar-refractivity contribution < 1.29 is 4.79 Å². The summed E-state index contributed by atoms with van der Waals surface area (Å²) in [6.07, 6.45) is 6.32. The Kier molecular flexibility index (Phi) is 11.0. The first-order chi connectivity index (χ1) is 8.24. The van der Waals surface area contributed by atoms with E-state index in [1.165, 1.54) is 12.8 Å². The number of carbonyl (C=O) groups is 1. The summed E-state index contributed by atoms with van der Waals surface area (Å²) in [6.45, 7) is 5.28. The van der Waals surface area contributed by atoms with Crippen LogP contribution in [0.15, 0.2) is 0 Å². The Morgan fingerprint density at radius 2 is 2.11 bits per heavy atom. The standard InChI is InChI=1S/C13H26N2OS.ClH/c1-11(12-4-7-14-8-5-12)10-13(16)15-6-3-9-17-2;/h11-12,14H,3-10H2,1-2H3,(H,15,16);1H. The summed E-state index contributed by atoms with van der Waals surface area (Å²) in [5, 5.41) is 6.39. The number of amides is 1. The maximum atomic E-state index is 11.7. The molecule has 0 bridgehead atoms. The van der Waals surface area contributed by atoms with Gasteiger partial charge in [-0.05, 0) is 56.2 Å². The van der Waals surface area contributed by atoms with Crippen molar-refractivity contribution in [2.24, 2.45) is 11.8 Å². The van der Waals surface area contributed by atoms with Crippen LogP contribution in [0.4, 0.5) is 0 Å². The first-order valence-corrected chi connectivity index (χ1v) is 8.09. The van der Waals surface area contributed by atoms with Crippen LogP contribution in [0.2, 0.25) is 0 Å². The summed E-state index contributed by atoms with van der Waals surface area (Å²) >= 11 is 1.83. The number of hydrogen-bond acceptors (Lipinski definition) is 3. The first-order valence-electron chi connectivity index (χ1n) is 6.70. The summed E-state index contributed by atoms with van der Waals surface area (Å²) in [4.78, 5) is 11.7. The minimum atomic E-state index is 0. The van der Waals surface area contributed by atoms with Gasteiger partial charge < -0.3 is 10.6 Å². The van der Waals surface area contributed by atoms with E-state index in [4.69, 9.17) is 0 Å². The predicted molar refractivity (Wildman–Crippen MR) is 82.6 cm³/mol. The molecule has 0 aromatic carbocycles. The molecule has 0 spiro atoms. The van der Waals surface area contributed by atoms with Gasteiger partial charge in [0.2, 0.25) is 5.91 Å². The topological polar surface area (TPSA) is 41.1 Å². The molecule has 0 aromatic heterocycles. The highest BCUT2D eigenvalue weighted by molar-refractivity contribution is 7.98. The van der Waals surface area contributed by atoms with Crippen molar-refractivity contribution in [3.63, 3.8) is 0 Å². The molecule has 1 fully saturated rings. The van der Waals surface area contributed by atoms with Gasteiger partial charge in [0.05, 0.1) is 0 Å². The molecule has 1 amide bonds. The van der Waals surface area contributed by atoms with Gasteiger partial charge in [-0.3, -0.25) is 4.79 Å². The lowest BCUT2D eigenvalue weighted by Gasteiger charge is -2.27. The molecule has 1 aliphatic heterocycles. The van der Waals surface area contributed by atoms with E-state index in [2.05, 4.69) is 23.8 Å². The van der Waals surface area contributed by atoms with Crippen LogP contribution in [0.25, 0.3) is 0 Å². The van der Waals surface area contributed by atoms with Gasteiger partial charge in [0.15, 0.2) is 0 Å². The van der Waals surface area contributed by atoms with Crippen LogP contribution in [-0.4, -0.2) is 37.6 Å². The maximum absolute atomic E-state index is 11.7. The molecule has 5 heteroatoms. The average molecular weight is 295 g/mol. The Morgan fingerprint density at radius 3 is 2.72 bits per heavy atom. The van der Waals surface area contributed by atoms with Gasteiger partial charge in [-0.1, -0.05) is 6.92 Å². The molecule has 0 saturated carbocycles. The van der Waals surface area contributed by atoms with Crippen LogP contribution in [-0.2, 0) is 4.79 Å². The van der Waals surface area contributed by atoms with E-state index in [1.54, 1.807) is 0 Å². The molecule has 3 nitrogen and oxygen atoms in total. The third-order valence-corrected chi connectivity index (χ3v) is 4.24. The summed E-state index contributed by atoms with van der Waals surface area (Å²) in [5.74, 6) is 2.62. The van der Waals surface area contributed by atoms with Crippen LogP contribution >= 0.6 is 24.2 Å². The van der Waals surface area contributed by atoms with Gasteiger partial charge in [0.25, 0.3) is 0 Å². The molecule has 2 N–H and O–H groups in total. The molecule has 1 heterocycles. The highest BCUT2D eigenvalue weighted by atomic mass is 35.5. The largest absolute Gasteiger partial charge is 0.356 e. The number of halogens is 1. The molecule has 108 valence electrons. The maximum Gasteiger partial charge on any atom is 0.220 e. The van der Waals surface area contributed by atoms with Crippen LogP contribution in [0.5, 0.6) is 0 Å². The van der Waals surface area contributed by atoms with Gasteiger partial charge in [0.1, 0.15) is 0 Å². The highest BCUT2D eigenvalue weighted by Crippen LogP contribution is 2.23. The van der Waals surface area contributed by atoms with Crippen LogP contribution in [0.3, 0.4) is 0 Å². The number of hydrogen-bond donors (Lipinski definition) is 2. The SMILES string of the molecule is CSCCCNC(=O)CC(C)C1CCNCC1.Cl. The minimum Gasteiger partial charge on any atom is -0.356 e. The minimum absolute atomic E-state index is 0. The van der Waals surface area contributed by atoms with Gasteiger partial charge in [-0.2, -0.15) is 11.8 Å². The lowest BCUT2D eigenvalue weighted by Crippen LogP contribution is -2.33. The quantitative estimate of drug-likeness (QED) is 0.708. The van der Waals surface area contributed by atoms with Crippen molar-refractivity contribution in [1.82, 2.24) is 10.6 Å². The van der Waals surface area contributed by atoms with Gasteiger partial charge >= 0.3 is 0 Å². The molecule has 1 saturated heterocycles. The highest BCUT2D eigenvalue weighted by Gasteiger charge is 2.21. The number of rotatable bonds is 7. The van der Waals surface area contributed by atoms with E-state index < -0.39 is 0 Å². The normalized spacial score (nSPS) is 17.9. The Labute approximate surface area is 122 Å². The molecule has 0 aromatic rings. The first kappa shape index (κ1) is 18.1. The predicted octanol–water partition coefficient (Wildman–Crippen LogP) is 2.30. The summed E-state index contributed by atoms with van der Waals surface area (Å²) in [7, 11) is 0. The van der Waals surface area contributed by atoms with E-state index >= 15 is 0 Å². The number of carbonyl (C=O) groups excluding carboxylic acids is 1. The molecular formula is C13H27ClN2OS. The lowest BCUT2D eigenvalue weighted by molar-refractivity contribution is -0.122. The van der Waals surface area contributed by atoms with E-state index in [0.29, 0.717) is 12.3 Å². The van der Waals surface area contributed by atoms with E-state index in [0.717, 1.165) is 37.7 Å². The zero-order chi connectivity index (χ0) is 12.5.